The molecule has 6 aromatic carbocycles. The van der Waals surface area contributed by atoms with Gasteiger partial charge in [0.15, 0.2) is 0 Å². The Bertz CT molecular complexity index is 5610. The van der Waals surface area contributed by atoms with Crippen molar-refractivity contribution >= 4 is 122 Å². The summed E-state index contributed by atoms with van der Waals surface area (Å²) in [6.45, 7) is 8.89. The number of benzene rings is 6. The summed E-state index contributed by atoms with van der Waals surface area (Å²) in [5.74, 6) is 2.01. The summed E-state index contributed by atoms with van der Waals surface area (Å²) in [5.41, 5.74) is 12.6. The number of pyridine rings is 8. The van der Waals surface area contributed by atoms with E-state index in [-0.39, 0.29) is 23.6 Å². The maximum atomic E-state index is 12.6. The molecule has 0 aliphatic carbocycles. The summed E-state index contributed by atoms with van der Waals surface area (Å²) in [5, 5.41) is 23.6. The average molecular weight is 1650 g/mol. The molecular formula is C91H79Cl4N17O6. The van der Waals surface area contributed by atoms with E-state index in [1.54, 1.807) is 134 Å². The van der Waals surface area contributed by atoms with Crippen LogP contribution in [0.1, 0.15) is 47.0 Å². The SMILES string of the molecule is O=C(Nc1ccc(Cl)c(-c2ccccn2)c1)c1ccc(N2CCOCC2)nc1.O=C(Nc1ccc(Cl)c(-c2ccccn2)c1)c1ccc(NCCN2CCOCC2)nc1.O=C(Nc1ccc(Cl)c(-c2ccccn2)c1)c1ccc(NCc2ccccc2)nc1.O=C(Nc1ccc(Cl)c(-c2ccccn2)c1)c1ccc(Nc2ccccc2)nc1. The highest BCUT2D eigenvalue weighted by atomic mass is 35.5. The van der Waals surface area contributed by atoms with Gasteiger partial charge in [0.1, 0.15) is 23.3 Å². The maximum Gasteiger partial charge on any atom is 0.257 e. The molecule has 0 spiro atoms. The van der Waals surface area contributed by atoms with Crippen LogP contribution < -0.4 is 42.1 Å². The molecule has 8 aromatic heterocycles. The van der Waals surface area contributed by atoms with Gasteiger partial charge in [0, 0.05) is 146 Å². The number of para-hydroxylation sites is 1. The van der Waals surface area contributed by atoms with Crippen molar-refractivity contribution in [3.63, 3.8) is 0 Å². The fourth-order valence-electron chi connectivity index (χ4n) is 12.1. The number of amides is 4. The maximum absolute atomic E-state index is 12.6. The molecule has 14 aromatic rings. The van der Waals surface area contributed by atoms with E-state index in [0.29, 0.717) is 96.5 Å². The number of morpholine rings is 2. The Labute approximate surface area is 702 Å². The highest BCUT2D eigenvalue weighted by Crippen LogP contribution is 2.34. The van der Waals surface area contributed by atoms with Gasteiger partial charge in [-0.1, -0.05) is 119 Å². The molecule has 592 valence electrons. The molecule has 0 radical (unpaired) electrons. The molecule has 16 rings (SSSR count). The Morgan fingerprint density at radius 1 is 0.331 bits per heavy atom. The van der Waals surface area contributed by atoms with Crippen molar-refractivity contribution in [1.29, 1.82) is 0 Å². The molecule has 0 atom stereocenters. The lowest BCUT2D eigenvalue weighted by Crippen LogP contribution is -2.39. The molecule has 7 N–H and O–H groups in total. The van der Waals surface area contributed by atoms with Crippen LogP contribution >= 0.6 is 46.4 Å². The second-order valence-electron chi connectivity index (χ2n) is 26.5. The smallest absolute Gasteiger partial charge is 0.257 e. The van der Waals surface area contributed by atoms with Gasteiger partial charge in [-0.15, -0.1) is 0 Å². The zero-order valence-electron chi connectivity index (χ0n) is 63.6. The van der Waals surface area contributed by atoms with Gasteiger partial charge in [0.25, 0.3) is 23.6 Å². The third kappa shape index (κ3) is 24.1. The van der Waals surface area contributed by atoms with E-state index in [1.807, 2.05) is 164 Å². The first-order chi connectivity index (χ1) is 57.8. The van der Waals surface area contributed by atoms with E-state index in [4.69, 9.17) is 55.9 Å². The first-order valence-electron chi connectivity index (χ1n) is 37.7. The third-order valence-electron chi connectivity index (χ3n) is 18.3. The van der Waals surface area contributed by atoms with Gasteiger partial charge in [-0.25, -0.2) is 19.9 Å². The number of carbonyl (C=O) groups excluding carboxylic acids is 4. The minimum Gasteiger partial charge on any atom is -0.379 e. The Balaban J connectivity index is 0.000000136. The number of rotatable bonds is 22. The lowest BCUT2D eigenvalue weighted by molar-refractivity contribution is 0.0398. The Kier molecular flexibility index (Phi) is 29.6. The van der Waals surface area contributed by atoms with Gasteiger partial charge >= 0.3 is 0 Å². The van der Waals surface area contributed by atoms with Crippen LogP contribution in [0.25, 0.3) is 45.0 Å². The van der Waals surface area contributed by atoms with Gasteiger partial charge in [-0.2, -0.15) is 0 Å². The second-order valence-corrected chi connectivity index (χ2v) is 28.1. The number of carbonyl (C=O) groups is 4. The first-order valence-corrected chi connectivity index (χ1v) is 39.2. The van der Waals surface area contributed by atoms with Gasteiger partial charge < -0.3 is 51.6 Å². The predicted molar refractivity (Wildman–Crippen MR) is 470 cm³/mol. The van der Waals surface area contributed by atoms with Gasteiger partial charge in [-0.05, 0) is 188 Å². The van der Waals surface area contributed by atoms with E-state index in [2.05, 4.69) is 86.9 Å². The molecule has 2 aliphatic heterocycles. The van der Waals surface area contributed by atoms with E-state index < -0.39 is 0 Å². The van der Waals surface area contributed by atoms with Crippen molar-refractivity contribution in [2.75, 3.05) is 108 Å². The molecule has 0 bridgehead atoms. The Morgan fingerprint density at radius 2 is 0.678 bits per heavy atom. The quantitative estimate of drug-likeness (QED) is 0.0332. The van der Waals surface area contributed by atoms with E-state index in [1.165, 1.54) is 6.20 Å². The zero-order valence-corrected chi connectivity index (χ0v) is 66.6. The van der Waals surface area contributed by atoms with E-state index >= 15 is 0 Å². The topological polar surface area (TPSA) is 281 Å². The minimum atomic E-state index is -0.252. The molecule has 10 heterocycles. The molecular weight excluding hydrogens is 1570 g/mol. The van der Waals surface area contributed by atoms with Crippen molar-refractivity contribution in [3.8, 4) is 45.0 Å². The largest absolute Gasteiger partial charge is 0.379 e. The number of nitrogens with one attached hydrogen (secondary N) is 7. The second kappa shape index (κ2) is 42.3. The third-order valence-corrected chi connectivity index (χ3v) is 19.6. The van der Waals surface area contributed by atoms with Crippen LogP contribution in [-0.2, 0) is 16.0 Å². The molecule has 2 fully saturated rings. The fourth-order valence-corrected chi connectivity index (χ4v) is 12.9. The molecule has 23 nitrogen and oxygen atoms in total. The van der Waals surface area contributed by atoms with Crippen molar-refractivity contribution in [2.45, 2.75) is 6.54 Å². The van der Waals surface area contributed by atoms with Crippen molar-refractivity contribution in [1.82, 2.24) is 44.8 Å². The first kappa shape index (κ1) is 82.6. The summed E-state index contributed by atoms with van der Waals surface area (Å²) < 4.78 is 10.7. The normalized spacial score (nSPS) is 12.3. The monoisotopic (exact) mass is 1650 g/mol. The van der Waals surface area contributed by atoms with Gasteiger partial charge in [0.2, 0.25) is 0 Å². The molecule has 27 heteroatoms. The Morgan fingerprint density at radius 3 is 1.03 bits per heavy atom. The molecule has 2 aliphatic rings. The lowest BCUT2D eigenvalue weighted by atomic mass is 10.1. The van der Waals surface area contributed by atoms with E-state index in [9.17, 15) is 19.2 Å². The minimum absolute atomic E-state index is 0.227. The summed E-state index contributed by atoms with van der Waals surface area (Å²) in [7, 11) is 0. The summed E-state index contributed by atoms with van der Waals surface area (Å²) in [6, 6.07) is 77.7. The van der Waals surface area contributed by atoms with Gasteiger partial charge in [-0.3, -0.25) is 44.0 Å². The zero-order chi connectivity index (χ0) is 81.6. The standard InChI is InChI=1S/C24H19ClN4O.C23H24ClN5O2.C23H17ClN4O.C21H19ClN4O2/c25-21-11-10-19(14-20(21)22-8-4-5-13-26-22)29-24(30)18-9-12-23(28-16-18)27-15-17-6-2-1-3-7-17;24-20-6-5-18(15-19(20)21-3-1-2-8-25-21)28-23(30)17-4-7-22(27-16-17)26-9-10-29-11-13-31-14-12-29;24-20-11-10-18(14-19(20)21-8-4-5-13-25-21)28-23(29)16-9-12-22(26-15-16)27-17-6-2-1-3-7-17;22-18-6-5-16(13-17(18)19-3-1-2-8-23-19)25-21(27)15-4-7-20(24-14-15)26-9-11-28-12-10-26/h1-14,16H,15H2,(H,27,28)(H,29,30);1-8,15-16H,9-14H2,(H,26,27)(H,28,30);1-15H,(H,26,27)(H,28,29);1-8,13-14H,9-12H2,(H,25,27). The summed E-state index contributed by atoms with van der Waals surface area (Å²) in [6.07, 6.45) is 13.1. The number of anilines is 9. The number of hydrogen-bond donors (Lipinski definition) is 7. The number of aromatic nitrogens is 8. The van der Waals surface area contributed by atoms with Crippen LogP contribution in [0.4, 0.5) is 51.7 Å². The van der Waals surface area contributed by atoms with E-state index in [0.717, 1.165) is 120 Å². The van der Waals surface area contributed by atoms with Crippen molar-refractivity contribution < 1.29 is 28.7 Å². The number of hydrogen-bond acceptors (Lipinski definition) is 19. The molecule has 0 saturated carbocycles. The predicted octanol–water partition coefficient (Wildman–Crippen LogP) is 19.1. The van der Waals surface area contributed by atoms with Crippen molar-refractivity contribution in [2.24, 2.45) is 0 Å². The summed E-state index contributed by atoms with van der Waals surface area (Å²) >= 11 is 25.2. The molecule has 118 heavy (non-hydrogen) atoms. The molecule has 2 saturated heterocycles. The highest BCUT2D eigenvalue weighted by Gasteiger charge is 2.19. The molecule has 4 amide bonds. The summed E-state index contributed by atoms with van der Waals surface area (Å²) in [4.78, 5) is 89.7. The van der Waals surface area contributed by atoms with Crippen LogP contribution in [0.2, 0.25) is 20.1 Å². The lowest BCUT2D eigenvalue weighted by Gasteiger charge is -2.27. The van der Waals surface area contributed by atoms with Crippen molar-refractivity contribution in [3.05, 3.63) is 352 Å². The number of nitrogens with zero attached hydrogens (tertiary/aromatic N) is 10. The number of ether oxygens (including phenoxy) is 2. The van der Waals surface area contributed by atoms with Crippen LogP contribution in [0.15, 0.2) is 304 Å². The van der Waals surface area contributed by atoms with Crippen LogP contribution in [0, 0.1) is 0 Å². The van der Waals surface area contributed by atoms with Crippen LogP contribution in [0.5, 0.6) is 0 Å². The van der Waals surface area contributed by atoms with Gasteiger partial charge in [0.05, 0.1) is 91.5 Å². The Hall–Kier alpha value is -13.4. The highest BCUT2D eigenvalue weighted by molar-refractivity contribution is 6.35. The van der Waals surface area contributed by atoms with Crippen LogP contribution in [0.3, 0.4) is 0 Å². The fraction of sp³-hybridized carbons (Fsp3) is 0.121. The molecule has 0 unspecified atom stereocenters. The number of halogens is 4. The van der Waals surface area contributed by atoms with Crippen LogP contribution in [-0.4, -0.2) is 134 Å². The average Bonchev–Trinajstić information content (AvgIpc) is 0.834.